The Labute approximate surface area is 104 Å². The average Bonchev–Trinajstić information content (AvgIpc) is 2.28. The molecule has 92 valence electrons. The van der Waals surface area contributed by atoms with Gasteiger partial charge in [-0.2, -0.15) is 0 Å². The molecule has 0 saturated heterocycles. The van der Waals surface area contributed by atoms with Crippen LogP contribution < -0.4 is 11.3 Å². The van der Waals surface area contributed by atoms with Gasteiger partial charge in [0, 0.05) is 12.7 Å². The molecule has 0 radical (unpaired) electrons. The fraction of sp³-hybridized carbons (Fsp3) is 0.250. The number of allylic oxidation sites excluding steroid dienone is 1. The fourth-order valence-electron chi connectivity index (χ4n) is 1.24. The Morgan fingerprint density at radius 1 is 1.59 bits per heavy atom. The number of hydrazine groups is 1. The lowest BCUT2D eigenvalue weighted by Crippen LogP contribution is -2.08. The van der Waals surface area contributed by atoms with Gasteiger partial charge in [-0.3, -0.25) is 10.6 Å². The number of nitrogen functional groups attached to an aromatic ring is 1. The maximum Gasteiger partial charge on any atom is 0.185 e. The number of anilines is 1. The van der Waals surface area contributed by atoms with Crippen LogP contribution in [-0.2, 0) is 4.79 Å². The number of benzene rings is 1. The number of rotatable bonds is 5. The van der Waals surface area contributed by atoms with Crippen molar-refractivity contribution in [3.05, 3.63) is 35.7 Å². The second kappa shape index (κ2) is 7.09. The molecule has 3 N–H and O–H groups in total. The number of thioether (sulfide) groups is 1. The monoisotopic (exact) mass is 254 g/mol. The molecule has 0 aliphatic rings. The van der Waals surface area contributed by atoms with Gasteiger partial charge in [-0.25, -0.2) is 4.39 Å². The van der Waals surface area contributed by atoms with Crippen LogP contribution in [0.4, 0.5) is 10.1 Å². The van der Waals surface area contributed by atoms with Gasteiger partial charge < -0.3 is 5.43 Å². The molecular formula is C12H15FN2OS. The molecular weight excluding hydrogens is 239 g/mol. The van der Waals surface area contributed by atoms with Gasteiger partial charge in [-0.1, -0.05) is 30.0 Å². The molecule has 0 bridgehead atoms. The summed E-state index contributed by atoms with van der Waals surface area (Å²) in [5.74, 6) is 5.49. The Balaban J connectivity index is 2.48. The molecule has 0 atom stereocenters. The summed E-state index contributed by atoms with van der Waals surface area (Å²) in [6.45, 7) is 1.54. The van der Waals surface area contributed by atoms with Crippen molar-refractivity contribution in [1.82, 2.24) is 0 Å². The van der Waals surface area contributed by atoms with Crippen LogP contribution in [0.1, 0.15) is 18.9 Å². The quantitative estimate of drug-likeness (QED) is 0.482. The van der Waals surface area contributed by atoms with Crippen LogP contribution in [0.15, 0.2) is 24.3 Å². The van der Waals surface area contributed by atoms with E-state index in [2.05, 4.69) is 5.43 Å². The van der Waals surface area contributed by atoms with Gasteiger partial charge in [0.05, 0.1) is 5.69 Å². The average molecular weight is 254 g/mol. The molecule has 0 spiro atoms. The number of carbonyl (C=O) groups is 1. The molecule has 0 heterocycles. The molecule has 1 aromatic carbocycles. The minimum Gasteiger partial charge on any atom is -0.321 e. The number of carbonyl (C=O) groups excluding carboxylic acids is 1. The summed E-state index contributed by atoms with van der Waals surface area (Å²) in [4.78, 5) is 10.7. The Kier molecular flexibility index (Phi) is 5.72. The van der Waals surface area contributed by atoms with Crippen LogP contribution in [0.2, 0.25) is 0 Å². The third kappa shape index (κ3) is 5.01. The van der Waals surface area contributed by atoms with Crippen molar-refractivity contribution < 1.29 is 9.18 Å². The summed E-state index contributed by atoms with van der Waals surface area (Å²) in [7, 11) is 0. The normalized spacial score (nSPS) is 10.8. The number of nitrogens with two attached hydrogens (primary N) is 1. The van der Waals surface area contributed by atoms with Crippen molar-refractivity contribution in [2.75, 3.05) is 11.2 Å². The van der Waals surface area contributed by atoms with Crippen LogP contribution in [0.5, 0.6) is 0 Å². The van der Waals surface area contributed by atoms with Crippen molar-refractivity contribution >= 4 is 28.6 Å². The van der Waals surface area contributed by atoms with E-state index in [1.807, 2.05) is 12.2 Å². The van der Waals surface area contributed by atoms with E-state index in [-0.39, 0.29) is 16.6 Å². The first kappa shape index (κ1) is 13.7. The van der Waals surface area contributed by atoms with Crippen LogP contribution in [0.3, 0.4) is 0 Å². The minimum absolute atomic E-state index is 0.114. The van der Waals surface area contributed by atoms with Gasteiger partial charge in [0.15, 0.2) is 5.12 Å². The predicted molar refractivity (Wildman–Crippen MR) is 71.0 cm³/mol. The van der Waals surface area contributed by atoms with Crippen LogP contribution in [-0.4, -0.2) is 10.9 Å². The second-order valence-corrected chi connectivity index (χ2v) is 4.69. The molecule has 0 aliphatic carbocycles. The minimum atomic E-state index is -0.382. The smallest absolute Gasteiger partial charge is 0.185 e. The van der Waals surface area contributed by atoms with Crippen molar-refractivity contribution in [1.29, 1.82) is 0 Å². The molecule has 0 fully saturated rings. The van der Waals surface area contributed by atoms with Gasteiger partial charge in [0.25, 0.3) is 0 Å². The van der Waals surface area contributed by atoms with Gasteiger partial charge >= 0.3 is 0 Å². The first-order valence-electron chi connectivity index (χ1n) is 5.19. The van der Waals surface area contributed by atoms with E-state index in [1.165, 1.54) is 17.8 Å². The van der Waals surface area contributed by atoms with Crippen LogP contribution in [0.25, 0.3) is 6.08 Å². The molecule has 1 aromatic rings. The third-order valence-electron chi connectivity index (χ3n) is 2.05. The lowest BCUT2D eigenvalue weighted by atomic mass is 10.2. The molecule has 0 amide bonds. The highest BCUT2D eigenvalue weighted by Gasteiger charge is 1.99. The Bertz CT molecular complexity index is 421. The standard InChI is InChI=1S/C12H15FN2OS/c1-9(16)17-7-3-2-4-10-5-6-12(15-14)11(13)8-10/h2,4-6,8,15H,3,7,14H2,1H3. The van der Waals surface area contributed by atoms with E-state index in [0.717, 1.165) is 17.7 Å². The van der Waals surface area contributed by atoms with Gasteiger partial charge in [-0.15, -0.1) is 0 Å². The van der Waals surface area contributed by atoms with Gasteiger partial charge in [0.2, 0.25) is 0 Å². The number of nitrogens with one attached hydrogen (secondary N) is 1. The van der Waals surface area contributed by atoms with E-state index in [0.29, 0.717) is 0 Å². The molecule has 0 aromatic heterocycles. The van der Waals surface area contributed by atoms with E-state index < -0.39 is 0 Å². The predicted octanol–water partition coefficient (Wildman–Crippen LogP) is 2.79. The van der Waals surface area contributed by atoms with Gasteiger partial charge in [-0.05, 0) is 24.1 Å². The number of hydrogen-bond donors (Lipinski definition) is 2. The molecule has 0 aliphatic heterocycles. The molecule has 17 heavy (non-hydrogen) atoms. The third-order valence-corrected chi connectivity index (χ3v) is 2.90. The first-order valence-corrected chi connectivity index (χ1v) is 6.18. The molecule has 1 rings (SSSR count). The summed E-state index contributed by atoms with van der Waals surface area (Å²) in [6, 6.07) is 4.76. The summed E-state index contributed by atoms with van der Waals surface area (Å²) in [6.07, 6.45) is 4.52. The highest BCUT2D eigenvalue weighted by atomic mass is 32.2. The largest absolute Gasteiger partial charge is 0.321 e. The van der Waals surface area contributed by atoms with Crippen LogP contribution >= 0.6 is 11.8 Å². The zero-order chi connectivity index (χ0) is 12.7. The zero-order valence-corrected chi connectivity index (χ0v) is 10.4. The fourth-order valence-corrected chi connectivity index (χ4v) is 1.78. The van der Waals surface area contributed by atoms with E-state index in [1.54, 1.807) is 19.1 Å². The molecule has 3 nitrogen and oxygen atoms in total. The molecule has 5 heteroatoms. The van der Waals surface area contributed by atoms with Crippen molar-refractivity contribution in [2.24, 2.45) is 5.84 Å². The lowest BCUT2D eigenvalue weighted by Gasteiger charge is -2.02. The lowest BCUT2D eigenvalue weighted by molar-refractivity contribution is -0.109. The Morgan fingerprint density at radius 2 is 2.35 bits per heavy atom. The highest BCUT2D eigenvalue weighted by Crippen LogP contribution is 2.15. The van der Waals surface area contributed by atoms with E-state index in [9.17, 15) is 9.18 Å². The summed E-state index contributed by atoms with van der Waals surface area (Å²) in [5.41, 5.74) is 3.32. The van der Waals surface area contributed by atoms with Crippen molar-refractivity contribution in [3.8, 4) is 0 Å². The second-order valence-electron chi connectivity index (χ2n) is 3.41. The molecule has 0 unspecified atom stereocenters. The number of hydrogen-bond acceptors (Lipinski definition) is 4. The summed E-state index contributed by atoms with van der Waals surface area (Å²) in [5, 5.41) is 0.114. The Morgan fingerprint density at radius 3 is 2.94 bits per heavy atom. The summed E-state index contributed by atoms with van der Waals surface area (Å²) < 4.78 is 13.3. The van der Waals surface area contributed by atoms with E-state index in [4.69, 9.17) is 5.84 Å². The zero-order valence-electron chi connectivity index (χ0n) is 9.57. The van der Waals surface area contributed by atoms with Crippen molar-refractivity contribution in [2.45, 2.75) is 13.3 Å². The molecule has 0 saturated carbocycles. The van der Waals surface area contributed by atoms with Crippen LogP contribution in [0, 0.1) is 5.82 Å². The maximum atomic E-state index is 13.3. The number of halogens is 1. The SMILES string of the molecule is CC(=O)SCCC=Cc1ccc(NN)c(F)c1. The van der Waals surface area contributed by atoms with E-state index >= 15 is 0 Å². The topological polar surface area (TPSA) is 55.1 Å². The summed E-state index contributed by atoms with van der Waals surface area (Å²) >= 11 is 1.28. The first-order chi connectivity index (χ1) is 8.13. The van der Waals surface area contributed by atoms with Gasteiger partial charge in [0.1, 0.15) is 5.82 Å². The van der Waals surface area contributed by atoms with Crippen molar-refractivity contribution in [3.63, 3.8) is 0 Å². The highest BCUT2D eigenvalue weighted by molar-refractivity contribution is 8.13. The Hall–Kier alpha value is -1.33. The maximum absolute atomic E-state index is 13.3.